The monoisotopic (exact) mass is 183 g/mol. The highest BCUT2D eigenvalue weighted by molar-refractivity contribution is 4.95. The molecule has 1 saturated heterocycles. The number of nitriles is 1. The van der Waals surface area contributed by atoms with E-state index < -0.39 is 0 Å². The lowest BCUT2D eigenvalue weighted by atomic mass is 10.2. The minimum absolute atomic E-state index is 0.0469. The van der Waals surface area contributed by atoms with E-state index in [2.05, 4.69) is 16.3 Å². The fourth-order valence-corrected chi connectivity index (χ4v) is 1.55. The van der Waals surface area contributed by atoms with E-state index in [-0.39, 0.29) is 6.04 Å². The molecule has 1 atom stereocenters. The van der Waals surface area contributed by atoms with E-state index in [1.165, 1.54) is 0 Å². The summed E-state index contributed by atoms with van der Waals surface area (Å²) in [6, 6.07) is 2.35. The van der Waals surface area contributed by atoms with Gasteiger partial charge in [0, 0.05) is 39.9 Å². The minimum atomic E-state index is 0.0469. The summed E-state index contributed by atoms with van der Waals surface area (Å²) in [7, 11) is 1.71. The maximum Gasteiger partial charge on any atom is 0.110 e. The molecule has 1 unspecified atom stereocenters. The standard InChI is InChI=1S/C9H17N3O/c1-13-6-2-4-12-5-3-11-8-9(12)7-10/h9,11H,2-6,8H2,1H3. The van der Waals surface area contributed by atoms with Gasteiger partial charge < -0.3 is 10.1 Å². The first-order chi connectivity index (χ1) is 6.38. The van der Waals surface area contributed by atoms with Crippen LogP contribution >= 0.6 is 0 Å². The van der Waals surface area contributed by atoms with Crippen LogP contribution in [0.3, 0.4) is 0 Å². The molecule has 1 heterocycles. The fourth-order valence-electron chi connectivity index (χ4n) is 1.55. The average Bonchev–Trinajstić information content (AvgIpc) is 2.19. The summed E-state index contributed by atoms with van der Waals surface area (Å²) >= 11 is 0. The van der Waals surface area contributed by atoms with Crippen LogP contribution in [0.1, 0.15) is 6.42 Å². The van der Waals surface area contributed by atoms with E-state index in [4.69, 9.17) is 10.00 Å². The Bertz CT molecular complexity index is 178. The largest absolute Gasteiger partial charge is 0.385 e. The first kappa shape index (κ1) is 10.5. The van der Waals surface area contributed by atoms with Gasteiger partial charge in [0.2, 0.25) is 0 Å². The molecule has 4 nitrogen and oxygen atoms in total. The Balaban J connectivity index is 2.24. The number of piperazine rings is 1. The molecule has 4 heteroatoms. The highest BCUT2D eigenvalue weighted by Crippen LogP contribution is 2.02. The van der Waals surface area contributed by atoms with Crippen LogP contribution in [0.2, 0.25) is 0 Å². The molecule has 0 aromatic heterocycles. The predicted molar refractivity (Wildman–Crippen MR) is 50.3 cm³/mol. The normalized spacial score (nSPS) is 24.2. The van der Waals surface area contributed by atoms with Gasteiger partial charge in [0.05, 0.1) is 6.07 Å². The van der Waals surface area contributed by atoms with Crippen molar-refractivity contribution in [1.29, 1.82) is 5.26 Å². The topological polar surface area (TPSA) is 48.3 Å². The number of nitrogens with one attached hydrogen (secondary N) is 1. The Labute approximate surface area is 79.5 Å². The van der Waals surface area contributed by atoms with Crippen molar-refractivity contribution in [2.24, 2.45) is 0 Å². The van der Waals surface area contributed by atoms with Crippen molar-refractivity contribution >= 4 is 0 Å². The Hall–Kier alpha value is -0.630. The molecule has 1 aliphatic heterocycles. The van der Waals surface area contributed by atoms with Crippen molar-refractivity contribution in [2.45, 2.75) is 12.5 Å². The summed E-state index contributed by atoms with van der Waals surface area (Å²) < 4.78 is 4.98. The molecule has 0 aromatic rings. The van der Waals surface area contributed by atoms with Gasteiger partial charge in [-0.25, -0.2) is 0 Å². The van der Waals surface area contributed by atoms with E-state index >= 15 is 0 Å². The number of ether oxygens (including phenoxy) is 1. The zero-order valence-electron chi connectivity index (χ0n) is 8.12. The van der Waals surface area contributed by atoms with Gasteiger partial charge >= 0.3 is 0 Å². The first-order valence-corrected chi connectivity index (χ1v) is 4.72. The molecule has 0 radical (unpaired) electrons. The van der Waals surface area contributed by atoms with E-state index in [0.29, 0.717) is 0 Å². The van der Waals surface area contributed by atoms with E-state index in [1.807, 2.05) is 0 Å². The second-order valence-electron chi connectivity index (χ2n) is 3.23. The molecule has 0 aromatic carbocycles. The van der Waals surface area contributed by atoms with Crippen LogP contribution in [-0.2, 0) is 4.74 Å². The van der Waals surface area contributed by atoms with E-state index in [1.54, 1.807) is 7.11 Å². The molecule has 13 heavy (non-hydrogen) atoms. The number of methoxy groups -OCH3 is 1. The Morgan fingerprint density at radius 2 is 2.54 bits per heavy atom. The van der Waals surface area contributed by atoms with Crippen LogP contribution in [-0.4, -0.2) is 50.8 Å². The van der Waals surface area contributed by atoms with Crippen LogP contribution in [0.15, 0.2) is 0 Å². The second-order valence-corrected chi connectivity index (χ2v) is 3.23. The maximum absolute atomic E-state index is 8.86. The van der Waals surface area contributed by atoms with Gasteiger partial charge in [-0.1, -0.05) is 0 Å². The van der Waals surface area contributed by atoms with Gasteiger partial charge in [-0.3, -0.25) is 4.90 Å². The Morgan fingerprint density at radius 1 is 1.69 bits per heavy atom. The Morgan fingerprint density at radius 3 is 3.23 bits per heavy atom. The van der Waals surface area contributed by atoms with Crippen molar-refractivity contribution in [2.75, 3.05) is 39.9 Å². The molecule has 74 valence electrons. The molecular weight excluding hydrogens is 166 g/mol. The van der Waals surface area contributed by atoms with Crippen molar-refractivity contribution in [3.8, 4) is 6.07 Å². The lowest BCUT2D eigenvalue weighted by Gasteiger charge is -2.31. The third-order valence-corrected chi connectivity index (χ3v) is 2.30. The van der Waals surface area contributed by atoms with Crippen molar-refractivity contribution in [3.05, 3.63) is 0 Å². The van der Waals surface area contributed by atoms with Gasteiger partial charge in [0.25, 0.3) is 0 Å². The van der Waals surface area contributed by atoms with Crippen LogP contribution in [0, 0.1) is 11.3 Å². The molecular formula is C9H17N3O. The molecule has 1 N–H and O–H groups in total. The van der Waals surface area contributed by atoms with Gasteiger partial charge in [0.15, 0.2) is 0 Å². The number of hydrogen-bond acceptors (Lipinski definition) is 4. The highest BCUT2D eigenvalue weighted by atomic mass is 16.5. The quantitative estimate of drug-likeness (QED) is 0.614. The highest BCUT2D eigenvalue weighted by Gasteiger charge is 2.20. The summed E-state index contributed by atoms with van der Waals surface area (Å²) in [5, 5.41) is 12.1. The van der Waals surface area contributed by atoms with Crippen LogP contribution in [0.5, 0.6) is 0 Å². The summed E-state index contributed by atoms with van der Waals surface area (Å²) in [5.74, 6) is 0. The predicted octanol–water partition coefficient (Wildman–Crippen LogP) is -0.180. The molecule has 0 aliphatic carbocycles. The summed E-state index contributed by atoms with van der Waals surface area (Å²) in [6.45, 7) is 4.51. The van der Waals surface area contributed by atoms with E-state index in [0.717, 1.165) is 39.2 Å². The zero-order chi connectivity index (χ0) is 9.52. The molecule has 1 aliphatic rings. The van der Waals surface area contributed by atoms with Gasteiger partial charge in [0.1, 0.15) is 6.04 Å². The lowest BCUT2D eigenvalue weighted by molar-refractivity contribution is 0.150. The lowest BCUT2D eigenvalue weighted by Crippen LogP contribution is -2.50. The number of rotatable bonds is 4. The summed E-state index contributed by atoms with van der Waals surface area (Å²) in [5.41, 5.74) is 0. The number of nitrogens with zero attached hydrogens (tertiary/aromatic N) is 2. The number of hydrogen-bond donors (Lipinski definition) is 1. The third kappa shape index (κ3) is 3.31. The van der Waals surface area contributed by atoms with E-state index in [9.17, 15) is 0 Å². The first-order valence-electron chi connectivity index (χ1n) is 4.72. The second kappa shape index (κ2) is 5.92. The van der Waals surface area contributed by atoms with Gasteiger partial charge in [-0.05, 0) is 6.42 Å². The SMILES string of the molecule is COCCCN1CCNCC1C#N. The molecule has 0 spiro atoms. The maximum atomic E-state index is 8.86. The van der Waals surface area contributed by atoms with Crippen molar-refractivity contribution in [3.63, 3.8) is 0 Å². The molecule has 1 fully saturated rings. The smallest absolute Gasteiger partial charge is 0.110 e. The molecule has 0 amide bonds. The average molecular weight is 183 g/mol. The Kier molecular flexibility index (Phi) is 4.76. The summed E-state index contributed by atoms with van der Waals surface area (Å²) in [6.07, 6.45) is 1.01. The fraction of sp³-hybridized carbons (Fsp3) is 0.889. The van der Waals surface area contributed by atoms with Crippen molar-refractivity contribution < 1.29 is 4.74 Å². The molecule has 1 rings (SSSR count). The van der Waals surface area contributed by atoms with Gasteiger partial charge in [-0.15, -0.1) is 0 Å². The zero-order valence-corrected chi connectivity index (χ0v) is 8.12. The van der Waals surface area contributed by atoms with Crippen LogP contribution in [0.25, 0.3) is 0 Å². The van der Waals surface area contributed by atoms with Crippen LogP contribution in [0.4, 0.5) is 0 Å². The van der Waals surface area contributed by atoms with Gasteiger partial charge in [-0.2, -0.15) is 5.26 Å². The minimum Gasteiger partial charge on any atom is -0.385 e. The molecule has 0 bridgehead atoms. The summed E-state index contributed by atoms with van der Waals surface area (Å²) in [4.78, 5) is 2.22. The third-order valence-electron chi connectivity index (χ3n) is 2.30. The van der Waals surface area contributed by atoms with Crippen molar-refractivity contribution in [1.82, 2.24) is 10.2 Å². The van der Waals surface area contributed by atoms with Crippen LogP contribution < -0.4 is 5.32 Å². The molecule has 0 saturated carbocycles.